The third-order valence-corrected chi connectivity index (χ3v) is 5.86. The van der Waals surface area contributed by atoms with Crippen LogP contribution in [0.5, 0.6) is 0 Å². The van der Waals surface area contributed by atoms with Crippen LogP contribution in [0.4, 0.5) is 0 Å². The van der Waals surface area contributed by atoms with Gasteiger partial charge in [-0.25, -0.2) is 13.1 Å². The molecule has 0 bridgehead atoms. The molecular weight excluding hydrogens is 368 g/mol. The summed E-state index contributed by atoms with van der Waals surface area (Å²) in [5, 5.41) is 4.31. The molecule has 0 spiro atoms. The lowest BCUT2D eigenvalue weighted by atomic mass is 10.1. The zero-order valence-electron chi connectivity index (χ0n) is 15.3. The van der Waals surface area contributed by atoms with Crippen molar-refractivity contribution in [2.24, 2.45) is 0 Å². The summed E-state index contributed by atoms with van der Waals surface area (Å²) in [7, 11) is -3.25. The van der Waals surface area contributed by atoms with Crippen LogP contribution in [0.2, 0.25) is 0 Å². The summed E-state index contributed by atoms with van der Waals surface area (Å²) in [4.78, 5) is 26.2. The van der Waals surface area contributed by atoms with Crippen LogP contribution in [0, 0.1) is 6.92 Å². The Morgan fingerprint density at radius 2 is 1.67 bits per heavy atom. The highest BCUT2D eigenvalue weighted by molar-refractivity contribution is 7.88. The summed E-state index contributed by atoms with van der Waals surface area (Å²) in [6, 6.07) is 10.8. The zero-order chi connectivity index (χ0) is 19.6. The first kappa shape index (κ1) is 19.2. The van der Waals surface area contributed by atoms with Crippen LogP contribution in [-0.4, -0.2) is 65.7 Å². The van der Waals surface area contributed by atoms with E-state index in [9.17, 15) is 18.0 Å². The summed E-state index contributed by atoms with van der Waals surface area (Å²) >= 11 is 0. The molecule has 0 aliphatic carbocycles. The first-order chi connectivity index (χ1) is 12.7. The molecule has 0 unspecified atom stereocenters. The minimum absolute atomic E-state index is 0.169. The van der Waals surface area contributed by atoms with Gasteiger partial charge in [0.2, 0.25) is 15.9 Å². The van der Waals surface area contributed by atoms with Crippen molar-refractivity contribution in [3.05, 3.63) is 52.3 Å². The van der Waals surface area contributed by atoms with Gasteiger partial charge in [0, 0.05) is 37.8 Å². The van der Waals surface area contributed by atoms with E-state index in [1.54, 1.807) is 11.0 Å². The largest absolute Gasteiger partial charge is 0.338 e. The van der Waals surface area contributed by atoms with Gasteiger partial charge in [0.1, 0.15) is 6.54 Å². The first-order valence-corrected chi connectivity index (χ1v) is 10.5. The number of aryl methyl sites for hydroxylation is 1. The van der Waals surface area contributed by atoms with Crippen LogP contribution in [0.1, 0.15) is 5.56 Å². The van der Waals surface area contributed by atoms with Gasteiger partial charge in [-0.3, -0.25) is 9.59 Å². The molecule has 1 aromatic carbocycles. The van der Waals surface area contributed by atoms with E-state index in [4.69, 9.17) is 0 Å². The van der Waals surface area contributed by atoms with Crippen molar-refractivity contribution in [2.45, 2.75) is 13.5 Å². The number of rotatable bonds is 4. The van der Waals surface area contributed by atoms with Crippen LogP contribution >= 0.6 is 0 Å². The summed E-state index contributed by atoms with van der Waals surface area (Å²) < 4.78 is 25.6. The number of carbonyl (C=O) groups is 1. The molecule has 0 radical (unpaired) electrons. The van der Waals surface area contributed by atoms with Gasteiger partial charge >= 0.3 is 0 Å². The van der Waals surface area contributed by atoms with Gasteiger partial charge in [-0.15, -0.1) is 0 Å². The van der Waals surface area contributed by atoms with E-state index in [0.29, 0.717) is 18.8 Å². The monoisotopic (exact) mass is 390 g/mol. The van der Waals surface area contributed by atoms with Gasteiger partial charge in [0.15, 0.2) is 0 Å². The Bertz CT molecular complexity index is 991. The smallest absolute Gasteiger partial charge is 0.267 e. The number of sulfonamides is 1. The quantitative estimate of drug-likeness (QED) is 0.750. The molecule has 1 aliphatic rings. The topological polar surface area (TPSA) is 92.6 Å². The van der Waals surface area contributed by atoms with E-state index in [2.05, 4.69) is 5.10 Å². The molecule has 0 N–H and O–H groups in total. The number of nitrogens with zero attached hydrogens (tertiary/aromatic N) is 4. The normalized spacial score (nSPS) is 15.7. The van der Waals surface area contributed by atoms with Gasteiger partial charge < -0.3 is 4.90 Å². The van der Waals surface area contributed by atoms with Crippen molar-refractivity contribution in [1.82, 2.24) is 19.0 Å². The maximum atomic E-state index is 12.5. The maximum Gasteiger partial charge on any atom is 0.267 e. The summed E-state index contributed by atoms with van der Waals surface area (Å²) in [6.07, 6.45) is 1.16. The van der Waals surface area contributed by atoms with Gasteiger partial charge in [-0.2, -0.15) is 9.40 Å². The molecule has 144 valence electrons. The molecule has 2 heterocycles. The average Bonchev–Trinajstić information content (AvgIpc) is 2.63. The predicted octanol–water partition coefficient (Wildman–Crippen LogP) is 0.323. The van der Waals surface area contributed by atoms with Gasteiger partial charge in [-0.05, 0) is 13.0 Å². The molecular formula is C18H22N4O4S. The highest BCUT2D eigenvalue weighted by Gasteiger charge is 2.26. The molecule has 0 saturated carbocycles. The van der Waals surface area contributed by atoms with Crippen molar-refractivity contribution in [1.29, 1.82) is 0 Å². The fourth-order valence-electron chi connectivity index (χ4n) is 2.94. The molecule has 1 amide bonds. The fourth-order valence-corrected chi connectivity index (χ4v) is 3.76. The minimum Gasteiger partial charge on any atom is -0.338 e. The van der Waals surface area contributed by atoms with Crippen LogP contribution in [0.3, 0.4) is 0 Å². The Morgan fingerprint density at radius 1 is 1.04 bits per heavy atom. The van der Waals surface area contributed by atoms with E-state index in [0.717, 1.165) is 22.1 Å². The predicted molar refractivity (Wildman–Crippen MR) is 102 cm³/mol. The maximum absolute atomic E-state index is 12.5. The third kappa shape index (κ3) is 4.61. The molecule has 2 aromatic rings. The number of hydrogen-bond donors (Lipinski definition) is 0. The Labute approximate surface area is 158 Å². The number of carbonyl (C=O) groups excluding carboxylic acids is 1. The van der Waals surface area contributed by atoms with Crippen molar-refractivity contribution < 1.29 is 13.2 Å². The molecule has 8 nitrogen and oxygen atoms in total. The van der Waals surface area contributed by atoms with Crippen molar-refractivity contribution in [3.8, 4) is 11.3 Å². The molecule has 9 heteroatoms. The zero-order valence-corrected chi connectivity index (χ0v) is 16.1. The molecule has 1 saturated heterocycles. The van der Waals surface area contributed by atoms with Crippen LogP contribution in [-0.2, 0) is 21.4 Å². The third-order valence-electron chi connectivity index (χ3n) is 4.56. The fraction of sp³-hybridized carbons (Fsp3) is 0.389. The van der Waals surface area contributed by atoms with Crippen molar-refractivity contribution in [3.63, 3.8) is 0 Å². The minimum atomic E-state index is -3.25. The molecule has 1 aliphatic heterocycles. The molecule has 1 aromatic heterocycles. The highest BCUT2D eigenvalue weighted by atomic mass is 32.2. The standard InChI is InChI=1S/C18H22N4O4S/c1-14-3-5-15(6-4-14)16-7-8-17(23)22(19-16)13-18(24)20-9-11-21(12-10-20)27(2,25)26/h3-8H,9-13H2,1-2H3. The lowest BCUT2D eigenvalue weighted by Crippen LogP contribution is -2.51. The summed E-state index contributed by atoms with van der Waals surface area (Å²) in [6.45, 7) is 2.95. The second-order valence-corrected chi connectivity index (χ2v) is 8.61. The van der Waals surface area contributed by atoms with E-state index in [-0.39, 0.29) is 31.1 Å². The van der Waals surface area contributed by atoms with E-state index < -0.39 is 10.0 Å². The second kappa shape index (κ2) is 7.61. The Kier molecular flexibility index (Phi) is 5.43. The lowest BCUT2D eigenvalue weighted by molar-refractivity contribution is -0.133. The number of amides is 1. The van der Waals surface area contributed by atoms with Crippen LogP contribution in [0.15, 0.2) is 41.2 Å². The first-order valence-electron chi connectivity index (χ1n) is 8.62. The SMILES string of the molecule is Cc1ccc(-c2ccc(=O)n(CC(=O)N3CCN(S(C)(=O)=O)CC3)n2)cc1. The summed E-state index contributed by atoms with van der Waals surface area (Å²) in [5.41, 5.74) is 2.25. The lowest BCUT2D eigenvalue weighted by Gasteiger charge is -2.33. The average molecular weight is 390 g/mol. The van der Waals surface area contributed by atoms with Crippen molar-refractivity contribution in [2.75, 3.05) is 32.4 Å². The van der Waals surface area contributed by atoms with Gasteiger partial charge in [0.05, 0.1) is 11.9 Å². The second-order valence-electron chi connectivity index (χ2n) is 6.62. The molecule has 1 fully saturated rings. The van der Waals surface area contributed by atoms with Crippen molar-refractivity contribution >= 4 is 15.9 Å². The highest BCUT2D eigenvalue weighted by Crippen LogP contribution is 2.16. The number of aromatic nitrogens is 2. The number of benzene rings is 1. The molecule has 27 heavy (non-hydrogen) atoms. The molecule has 0 atom stereocenters. The molecule has 3 rings (SSSR count). The Morgan fingerprint density at radius 3 is 2.26 bits per heavy atom. The van der Waals surface area contributed by atoms with E-state index >= 15 is 0 Å². The van der Waals surface area contributed by atoms with E-state index in [1.165, 1.54) is 10.4 Å². The van der Waals surface area contributed by atoms with Crippen LogP contribution in [0.25, 0.3) is 11.3 Å². The Hall–Kier alpha value is -2.52. The summed E-state index contributed by atoms with van der Waals surface area (Å²) in [5.74, 6) is -0.251. The van der Waals surface area contributed by atoms with E-state index in [1.807, 2.05) is 31.2 Å². The van der Waals surface area contributed by atoms with Crippen LogP contribution < -0.4 is 5.56 Å². The van der Waals surface area contributed by atoms with Gasteiger partial charge in [-0.1, -0.05) is 29.8 Å². The number of piperazine rings is 1. The van der Waals surface area contributed by atoms with Gasteiger partial charge in [0.25, 0.3) is 5.56 Å². The Balaban J connectivity index is 1.72. The number of hydrogen-bond acceptors (Lipinski definition) is 5.